The highest BCUT2D eigenvalue weighted by Gasteiger charge is 2.07. The van der Waals surface area contributed by atoms with E-state index in [0.717, 1.165) is 5.56 Å². The molecule has 12 heavy (non-hydrogen) atoms. The van der Waals surface area contributed by atoms with Crippen molar-refractivity contribution in [3.05, 3.63) is 35.9 Å². The van der Waals surface area contributed by atoms with E-state index in [1.165, 1.54) is 0 Å². The molecule has 0 saturated carbocycles. The molecule has 65 valence electrons. The van der Waals surface area contributed by atoms with Crippen LogP contribution < -0.4 is 0 Å². The lowest BCUT2D eigenvalue weighted by atomic mass is 10.2. The van der Waals surface area contributed by atoms with Crippen molar-refractivity contribution in [2.45, 2.75) is 25.4 Å². The van der Waals surface area contributed by atoms with Crippen LogP contribution in [0.3, 0.4) is 0 Å². The standard InChI is InChI=1S/C10H13OS/c1-8(2)11-10(12)9-6-4-3-5-7-9/h3-8,10H,1-2H3. The highest BCUT2D eigenvalue weighted by molar-refractivity contribution is 7.80. The Morgan fingerprint density at radius 3 is 2.25 bits per heavy atom. The Morgan fingerprint density at radius 2 is 1.75 bits per heavy atom. The van der Waals surface area contributed by atoms with E-state index in [1.54, 1.807) is 0 Å². The number of rotatable bonds is 3. The van der Waals surface area contributed by atoms with Gasteiger partial charge in [-0.15, -0.1) is 0 Å². The molecule has 1 atom stereocenters. The summed E-state index contributed by atoms with van der Waals surface area (Å²) in [7, 11) is 0. The van der Waals surface area contributed by atoms with Gasteiger partial charge in [0.05, 0.1) is 6.10 Å². The van der Waals surface area contributed by atoms with Gasteiger partial charge in [0.15, 0.2) is 0 Å². The first kappa shape index (κ1) is 9.62. The molecule has 0 spiro atoms. The molecule has 0 saturated heterocycles. The lowest BCUT2D eigenvalue weighted by Crippen LogP contribution is -2.05. The van der Waals surface area contributed by atoms with E-state index >= 15 is 0 Å². The molecule has 1 unspecified atom stereocenters. The molecule has 0 bridgehead atoms. The highest BCUT2D eigenvalue weighted by Crippen LogP contribution is 2.21. The summed E-state index contributed by atoms with van der Waals surface area (Å²) in [6.07, 6.45) is 0.188. The number of hydrogen-bond donors (Lipinski definition) is 0. The Balaban J connectivity index is 2.59. The predicted octanol–water partition coefficient (Wildman–Crippen LogP) is 3.31. The largest absolute Gasteiger partial charge is 0.359 e. The Bertz CT molecular complexity index is 221. The van der Waals surface area contributed by atoms with Crippen molar-refractivity contribution in [1.82, 2.24) is 0 Å². The van der Waals surface area contributed by atoms with Gasteiger partial charge < -0.3 is 4.74 Å². The number of ether oxygens (including phenoxy) is 1. The Labute approximate surface area is 79.2 Å². The molecule has 0 aliphatic heterocycles. The van der Waals surface area contributed by atoms with Crippen molar-refractivity contribution < 1.29 is 4.74 Å². The van der Waals surface area contributed by atoms with Crippen molar-refractivity contribution >= 4 is 12.6 Å². The molecule has 1 nitrogen and oxygen atoms in total. The van der Waals surface area contributed by atoms with Crippen LogP contribution in [0.25, 0.3) is 0 Å². The quantitative estimate of drug-likeness (QED) is 0.695. The molecule has 1 radical (unpaired) electrons. The smallest absolute Gasteiger partial charge is 0.138 e. The van der Waals surface area contributed by atoms with Crippen LogP contribution in [0, 0.1) is 0 Å². The fraction of sp³-hybridized carbons (Fsp3) is 0.400. The fourth-order valence-corrected chi connectivity index (χ4v) is 1.32. The Kier molecular flexibility index (Phi) is 3.63. The maximum Gasteiger partial charge on any atom is 0.138 e. The van der Waals surface area contributed by atoms with E-state index in [4.69, 9.17) is 17.4 Å². The first-order valence-electron chi connectivity index (χ1n) is 4.06. The summed E-state index contributed by atoms with van der Waals surface area (Å²) < 4.78 is 5.45. The average Bonchev–Trinajstić information content (AvgIpc) is 2.05. The molecule has 0 aliphatic carbocycles. The normalized spacial score (nSPS) is 13.3. The molecule has 0 N–H and O–H groups in total. The molecule has 1 aromatic rings. The third-order valence-corrected chi connectivity index (χ3v) is 1.85. The minimum Gasteiger partial charge on any atom is -0.359 e. The van der Waals surface area contributed by atoms with Gasteiger partial charge in [-0.3, -0.25) is 0 Å². The molecular weight excluding hydrogens is 168 g/mol. The van der Waals surface area contributed by atoms with Crippen LogP contribution in [0.15, 0.2) is 30.3 Å². The van der Waals surface area contributed by atoms with Crippen molar-refractivity contribution in [3.63, 3.8) is 0 Å². The average molecular weight is 181 g/mol. The van der Waals surface area contributed by atoms with E-state index in [0.29, 0.717) is 0 Å². The molecule has 0 fully saturated rings. The summed E-state index contributed by atoms with van der Waals surface area (Å²) in [5, 5.41) is 0. The van der Waals surface area contributed by atoms with Crippen LogP contribution >= 0.6 is 12.6 Å². The lowest BCUT2D eigenvalue weighted by Gasteiger charge is -2.14. The summed E-state index contributed by atoms with van der Waals surface area (Å²) >= 11 is 5.16. The molecule has 1 aromatic carbocycles. The lowest BCUT2D eigenvalue weighted by molar-refractivity contribution is 0.0603. The van der Waals surface area contributed by atoms with Gasteiger partial charge in [0.25, 0.3) is 0 Å². The van der Waals surface area contributed by atoms with Crippen molar-refractivity contribution in [2.75, 3.05) is 0 Å². The van der Waals surface area contributed by atoms with E-state index in [2.05, 4.69) is 0 Å². The van der Waals surface area contributed by atoms with Gasteiger partial charge >= 0.3 is 0 Å². The molecule has 2 heteroatoms. The maximum atomic E-state index is 5.45. The van der Waals surface area contributed by atoms with Crippen LogP contribution in [0.4, 0.5) is 0 Å². The van der Waals surface area contributed by atoms with Crippen molar-refractivity contribution in [3.8, 4) is 0 Å². The summed E-state index contributed by atoms with van der Waals surface area (Å²) in [6, 6.07) is 9.89. The zero-order valence-electron chi connectivity index (χ0n) is 7.36. The fourth-order valence-electron chi connectivity index (χ4n) is 0.936. The van der Waals surface area contributed by atoms with Crippen LogP contribution in [-0.2, 0) is 4.74 Å². The van der Waals surface area contributed by atoms with E-state index in [-0.39, 0.29) is 11.5 Å². The van der Waals surface area contributed by atoms with Gasteiger partial charge in [-0.05, 0) is 19.4 Å². The summed E-state index contributed by atoms with van der Waals surface area (Å²) in [6.45, 7) is 3.98. The first-order chi connectivity index (χ1) is 5.70. The second-order valence-corrected chi connectivity index (χ2v) is 3.36. The number of hydrogen-bond acceptors (Lipinski definition) is 1. The van der Waals surface area contributed by atoms with Crippen molar-refractivity contribution in [2.24, 2.45) is 0 Å². The first-order valence-corrected chi connectivity index (χ1v) is 4.53. The molecule has 1 rings (SSSR count). The molecule has 0 aromatic heterocycles. The van der Waals surface area contributed by atoms with Gasteiger partial charge in [-0.2, -0.15) is 0 Å². The van der Waals surface area contributed by atoms with E-state index in [1.807, 2.05) is 44.2 Å². The minimum atomic E-state index is -0.216. The minimum absolute atomic E-state index is 0.188. The second-order valence-electron chi connectivity index (χ2n) is 2.93. The van der Waals surface area contributed by atoms with Crippen molar-refractivity contribution in [1.29, 1.82) is 0 Å². The topological polar surface area (TPSA) is 9.23 Å². The molecule has 0 aliphatic rings. The molecule has 0 heterocycles. The van der Waals surface area contributed by atoms with E-state index < -0.39 is 0 Å². The van der Waals surface area contributed by atoms with Gasteiger partial charge in [0, 0.05) is 0 Å². The summed E-state index contributed by atoms with van der Waals surface area (Å²) in [5.74, 6) is 0. The van der Waals surface area contributed by atoms with Crippen LogP contribution in [0.5, 0.6) is 0 Å². The van der Waals surface area contributed by atoms with Crippen LogP contribution in [0.1, 0.15) is 24.8 Å². The third-order valence-electron chi connectivity index (χ3n) is 1.47. The zero-order chi connectivity index (χ0) is 8.97. The zero-order valence-corrected chi connectivity index (χ0v) is 8.17. The van der Waals surface area contributed by atoms with E-state index in [9.17, 15) is 0 Å². The SMILES string of the molecule is CC(C)OC([S])c1ccccc1. The van der Waals surface area contributed by atoms with Crippen LogP contribution in [0.2, 0.25) is 0 Å². The molecule has 0 amide bonds. The van der Waals surface area contributed by atoms with Gasteiger partial charge in [0.1, 0.15) is 5.44 Å². The van der Waals surface area contributed by atoms with Gasteiger partial charge in [-0.1, -0.05) is 43.0 Å². The number of benzene rings is 1. The second kappa shape index (κ2) is 4.53. The predicted molar refractivity (Wildman–Crippen MR) is 53.0 cm³/mol. The summed E-state index contributed by atoms with van der Waals surface area (Å²) in [4.78, 5) is 0. The third kappa shape index (κ3) is 2.88. The highest BCUT2D eigenvalue weighted by atomic mass is 32.1. The van der Waals surface area contributed by atoms with Gasteiger partial charge in [-0.25, -0.2) is 0 Å². The monoisotopic (exact) mass is 181 g/mol. The maximum absolute atomic E-state index is 5.45. The summed E-state index contributed by atoms with van der Waals surface area (Å²) in [5.41, 5.74) is 0.840. The Morgan fingerprint density at radius 1 is 1.17 bits per heavy atom. The van der Waals surface area contributed by atoms with Crippen LogP contribution in [-0.4, -0.2) is 6.10 Å². The molecular formula is C10H13OS. The van der Waals surface area contributed by atoms with Gasteiger partial charge in [0.2, 0.25) is 0 Å². The Hall–Kier alpha value is -0.470.